The van der Waals surface area contributed by atoms with Gasteiger partial charge in [0.15, 0.2) is 12.4 Å². The largest absolute Gasteiger partial charge is 0.456 e. The maximum Gasteiger partial charge on any atom is 0.330 e. The Kier molecular flexibility index (Phi) is 5.40. The first kappa shape index (κ1) is 21.2. The van der Waals surface area contributed by atoms with E-state index in [1.54, 1.807) is 12.1 Å². The van der Waals surface area contributed by atoms with Crippen molar-refractivity contribution in [1.29, 1.82) is 0 Å². The number of imide groups is 1. The van der Waals surface area contributed by atoms with Gasteiger partial charge in [-0.25, -0.2) is 9.18 Å². The van der Waals surface area contributed by atoms with Crippen molar-refractivity contribution in [3.8, 4) is 0 Å². The van der Waals surface area contributed by atoms with Gasteiger partial charge in [0.1, 0.15) is 11.9 Å². The van der Waals surface area contributed by atoms with Crippen LogP contribution in [-0.2, 0) is 25.5 Å². The lowest BCUT2D eigenvalue weighted by Gasteiger charge is -2.26. The minimum atomic E-state index is -1.15. The summed E-state index contributed by atoms with van der Waals surface area (Å²) >= 11 is 0. The first-order valence-electron chi connectivity index (χ1n) is 11.0. The lowest BCUT2D eigenvalue weighted by Crippen LogP contribution is -2.48. The summed E-state index contributed by atoms with van der Waals surface area (Å²) in [6.07, 6.45) is 4.88. The molecule has 0 N–H and O–H groups in total. The van der Waals surface area contributed by atoms with Crippen LogP contribution in [-0.4, -0.2) is 41.1 Å². The highest BCUT2D eigenvalue weighted by Gasteiger charge is 2.61. The van der Waals surface area contributed by atoms with Crippen LogP contribution in [0, 0.1) is 29.5 Å². The molecule has 1 aliphatic heterocycles. The quantitative estimate of drug-likeness (QED) is 0.282. The summed E-state index contributed by atoms with van der Waals surface area (Å²) in [5, 5.41) is 0. The van der Waals surface area contributed by atoms with Gasteiger partial charge in [0, 0.05) is 12.0 Å². The Morgan fingerprint density at radius 3 is 2.15 bits per heavy atom. The number of carbonyl (C=O) groups excluding carboxylic acids is 4. The third-order valence-corrected chi connectivity index (χ3v) is 6.87. The third-order valence-electron chi connectivity index (χ3n) is 6.87. The van der Waals surface area contributed by atoms with E-state index in [1.807, 2.05) is 30.4 Å². The SMILES string of the molecule is O=C(COC(=O)[C@@H](Cc1ccccc1)N1C(=O)[C@@H]2[C@H](C1=O)[C@H]1C=C[C@H]2C1)c1ccc(F)cc1. The summed E-state index contributed by atoms with van der Waals surface area (Å²) in [7, 11) is 0. The molecule has 1 saturated heterocycles. The fourth-order valence-electron chi connectivity index (χ4n) is 5.30. The van der Waals surface area contributed by atoms with Gasteiger partial charge >= 0.3 is 5.97 Å². The van der Waals surface area contributed by atoms with Gasteiger partial charge in [-0.3, -0.25) is 19.3 Å². The van der Waals surface area contributed by atoms with Crippen molar-refractivity contribution < 1.29 is 28.3 Å². The highest BCUT2D eigenvalue weighted by atomic mass is 19.1. The summed E-state index contributed by atoms with van der Waals surface area (Å²) in [6, 6.07) is 12.8. The van der Waals surface area contributed by atoms with Crippen LogP contribution in [0.5, 0.6) is 0 Å². The number of ketones is 1. The molecule has 2 amide bonds. The molecular weight excluding hydrogens is 425 g/mol. The Morgan fingerprint density at radius 1 is 0.939 bits per heavy atom. The molecule has 0 spiro atoms. The lowest BCUT2D eigenvalue weighted by atomic mass is 9.85. The smallest absolute Gasteiger partial charge is 0.330 e. The monoisotopic (exact) mass is 447 g/mol. The van der Waals surface area contributed by atoms with E-state index in [0.717, 1.165) is 29.0 Å². The van der Waals surface area contributed by atoms with E-state index in [-0.39, 0.29) is 35.6 Å². The number of allylic oxidation sites excluding steroid dienone is 2. The average molecular weight is 447 g/mol. The van der Waals surface area contributed by atoms with Crippen LogP contribution in [0.2, 0.25) is 0 Å². The van der Waals surface area contributed by atoms with E-state index < -0.39 is 42.1 Å². The molecular formula is C26H22FNO5. The standard InChI is InChI=1S/C26H22FNO5/c27-19-10-8-16(9-11-19)21(29)14-33-26(32)20(12-15-4-2-1-3-5-15)28-24(30)22-17-6-7-18(13-17)23(22)25(28)31/h1-11,17-18,20,22-23H,12-14H2/t17-,18-,20+,22-,23+/m0/s1. The van der Waals surface area contributed by atoms with Crippen LogP contribution in [0.15, 0.2) is 66.7 Å². The molecule has 0 unspecified atom stereocenters. The van der Waals surface area contributed by atoms with Crippen molar-refractivity contribution in [2.45, 2.75) is 18.9 Å². The van der Waals surface area contributed by atoms with Crippen molar-refractivity contribution >= 4 is 23.6 Å². The molecule has 3 aliphatic rings. The lowest BCUT2D eigenvalue weighted by molar-refractivity contribution is -0.158. The minimum Gasteiger partial charge on any atom is -0.456 e. The second-order valence-corrected chi connectivity index (χ2v) is 8.79. The van der Waals surface area contributed by atoms with Crippen molar-refractivity contribution in [2.24, 2.45) is 23.7 Å². The first-order valence-corrected chi connectivity index (χ1v) is 11.0. The van der Waals surface area contributed by atoms with Gasteiger partial charge in [-0.2, -0.15) is 0 Å². The number of hydrogen-bond acceptors (Lipinski definition) is 5. The zero-order chi connectivity index (χ0) is 23.1. The number of amides is 2. The van der Waals surface area contributed by atoms with Crippen molar-refractivity contribution in [3.05, 3.63) is 83.7 Å². The number of benzene rings is 2. The Labute approximate surface area is 190 Å². The molecule has 2 fully saturated rings. The summed E-state index contributed by atoms with van der Waals surface area (Å²) in [5.41, 5.74) is 0.970. The second-order valence-electron chi connectivity index (χ2n) is 8.79. The number of hydrogen-bond donors (Lipinski definition) is 0. The Balaban J connectivity index is 1.36. The number of Topliss-reactive ketones (excluding diaryl/α,β-unsaturated/α-hetero) is 1. The fraction of sp³-hybridized carbons (Fsp3) is 0.308. The molecule has 5 atom stereocenters. The number of ether oxygens (including phenoxy) is 1. The molecule has 2 aromatic carbocycles. The molecule has 168 valence electrons. The van der Waals surface area contributed by atoms with Crippen LogP contribution in [0.25, 0.3) is 0 Å². The normalized spacial score (nSPS) is 25.9. The van der Waals surface area contributed by atoms with Gasteiger partial charge in [0.2, 0.25) is 11.8 Å². The van der Waals surface area contributed by atoms with E-state index in [4.69, 9.17) is 4.74 Å². The van der Waals surface area contributed by atoms with Crippen LogP contribution >= 0.6 is 0 Å². The molecule has 0 aromatic heterocycles. The molecule has 2 aliphatic carbocycles. The van der Waals surface area contributed by atoms with E-state index in [0.29, 0.717) is 0 Å². The molecule has 7 heteroatoms. The van der Waals surface area contributed by atoms with Crippen LogP contribution in [0.4, 0.5) is 4.39 Å². The van der Waals surface area contributed by atoms with Crippen LogP contribution < -0.4 is 0 Å². The summed E-state index contributed by atoms with van der Waals surface area (Å²) in [4.78, 5) is 53.1. The van der Waals surface area contributed by atoms with Gasteiger partial charge in [0.05, 0.1) is 11.8 Å². The summed E-state index contributed by atoms with van der Waals surface area (Å²) in [5.74, 6) is -3.29. The molecule has 1 heterocycles. The highest BCUT2D eigenvalue weighted by molar-refractivity contribution is 6.09. The zero-order valence-corrected chi connectivity index (χ0v) is 17.7. The van der Waals surface area contributed by atoms with Gasteiger partial charge in [-0.05, 0) is 48.1 Å². The van der Waals surface area contributed by atoms with Crippen molar-refractivity contribution in [2.75, 3.05) is 6.61 Å². The van der Waals surface area contributed by atoms with Gasteiger partial charge < -0.3 is 4.74 Å². The molecule has 0 radical (unpaired) electrons. The van der Waals surface area contributed by atoms with Gasteiger partial charge in [-0.15, -0.1) is 0 Å². The van der Waals surface area contributed by atoms with E-state index >= 15 is 0 Å². The molecule has 33 heavy (non-hydrogen) atoms. The predicted octanol–water partition coefficient (Wildman–Crippen LogP) is 2.97. The Hall–Kier alpha value is -3.61. The zero-order valence-electron chi connectivity index (χ0n) is 17.7. The molecule has 6 nitrogen and oxygen atoms in total. The van der Waals surface area contributed by atoms with Crippen molar-refractivity contribution in [3.63, 3.8) is 0 Å². The third kappa shape index (κ3) is 3.77. The van der Waals surface area contributed by atoms with E-state index in [9.17, 15) is 23.6 Å². The first-order chi connectivity index (χ1) is 15.9. The van der Waals surface area contributed by atoms with E-state index in [1.165, 1.54) is 12.1 Å². The summed E-state index contributed by atoms with van der Waals surface area (Å²) in [6.45, 7) is -0.564. The second kappa shape index (κ2) is 8.39. The Bertz CT molecular complexity index is 1110. The topological polar surface area (TPSA) is 80.8 Å². The predicted molar refractivity (Wildman–Crippen MR) is 115 cm³/mol. The van der Waals surface area contributed by atoms with Gasteiger partial charge in [0.25, 0.3) is 0 Å². The maximum atomic E-state index is 13.3. The number of esters is 1. The number of carbonyl (C=O) groups is 4. The average Bonchev–Trinajstić information content (AvgIpc) is 3.51. The molecule has 2 aromatic rings. The maximum absolute atomic E-state index is 13.3. The highest BCUT2D eigenvalue weighted by Crippen LogP contribution is 2.53. The number of nitrogens with zero attached hydrogens (tertiary/aromatic N) is 1. The fourth-order valence-corrected chi connectivity index (χ4v) is 5.30. The molecule has 5 rings (SSSR count). The number of fused-ring (bicyclic) bond motifs is 5. The van der Waals surface area contributed by atoms with Gasteiger partial charge in [-0.1, -0.05) is 42.5 Å². The van der Waals surface area contributed by atoms with Crippen molar-refractivity contribution in [1.82, 2.24) is 4.90 Å². The Morgan fingerprint density at radius 2 is 1.55 bits per heavy atom. The van der Waals surface area contributed by atoms with Crippen LogP contribution in [0.1, 0.15) is 22.3 Å². The minimum absolute atomic E-state index is 0.0231. The van der Waals surface area contributed by atoms with Crippen LogP contribution in [0.3, 0.4) is 0 Å². The molecule has 1 saturated carbocycles. The number of halogens is 1. The molecule has 2 bridgehead atoms. The number of rotatable bonds is 7. The summed E-state index contributed by atoms with van der Waals surface area (Å²) < 4.78 is 18.4. The number of likely N-dealkylation sites (tertiary alicyclic amines) is 1. The van der Waals surface area contributed by atoms with E-state index in [2.05, 4.69) is 0 Å².